The molecule has 0 aromatic heterocycles. The molecule has 0 radical (unpaired) electrons. The van der Waals surface area contributed by atoms with Crippen molar-refractivity contribution < 1.29 is 29.0 Å². The van der Waals surface area contributed by atoms with Crippen molar-refractivity contribution in [2.24, 2.45) is 0 Å². The number of alkyl carbamates (subject to hydrolysis) is 1. The predicted molar refractivity (Wildman–Crippen MR) is 159 cm³/mol. The molecule has 2 atom stereocenters. The van der Waals surface area contributed by atoms with Gasteiger partial charge in [0.2, 0.25) is 5.91 Å². The molecule has 3 rings (SSSR count). The highest BCUT2D eigenvalue weighted by Gasteiger charge is 2.34. The maximum absolute atomic E-state index is 14.0. The van der Waals surface area contributed by atoms with Crippen molar-refractivity contribution in [3.05, 3.63) is 96.1 Å². The molecule has 3 aromatic carbocycles. The molecule has 9 nitrogen and oxygen atoms in total. The van der Waals surface area contributed by atoms with E-state index in [1.807, 2.05) is 6.07 Å². The molecule has 3 N–H and O–H groups in total. The molecule has 0 aliphatic carbocycles. The zero-order chi connectivity index (χ0) is 30.2. The van der Waals surface area contributed by atoms with E-state index in [0.29, 0.717) is 22.6 Å². The molecular formula is C32H37N3O6. The number of rotatable bonds is 10. The molecule has 3 amide bonds. The lowest BCUT2D eigenvalue weighted by Gasteiger charge is -2.32. The summed E-state index contributed by atoms with van der Waals surface area (Å²) in [6, 6.07) is 18.2. The van der Waals surface area contributed by atoms with Crippen LogP contribution in [0, 0.1) is 0 Å². The van der Waals surface area contributed by atoms with Gasteiger partial charge in [-0.1, -0.05) is 43.0 Å². The van der Waals surface area contributed by atoms with E-state index < -0.39 is 35.6 Å². The zero-order valence-electron chi connectivity index (χ0n) is 24.0. The Labute approximate surface area is 240 Å². The normalized spacial score (nSPS) is 12.4. The molecule has 0 spiro atoms. The van der Waals surface area contributed by atoms with Crippen molar-refractivity contribution in [1.82, 2.24) is 10.2 Å². The van der Waals surface area contributed by atoms with Crippen molar-refractivity contribution in [3.8, 4) is 11.5 Å². The summed E-state index contributed by atoms with van der Waals surface area (Å²) in [6.07, 6.45) is 0.986. The zero-order valence-corrected chi connectivity index (χ0v) is 24.0. The van der Waals surface area contributed by atoms with E-state index in [2.05, 4.69) is 17.2 Å². The SMILES string of the molecule is C=Cc1cccc(C(C(=O)Nc2ccc(OC)cc2)N(C)C(=O)C(Cc2ccc(O)cc2)NC(=O)OC(C)(C)C)c1. The summed E-state index contributed by atoms with van der Waals surface area (Å²) in [6.45, 7) is 8.98. The van der Waals surface area contributed by atoms with Crippen LogP contribution in [-0.2, 0) is 20.7 Å². The first kappa shape index (κ1) is 30.7. The maximum atomic E-state index is 14.0. The number of hydrogen-bond donors (Lipinski definition) is 3. The standard InChI is InChI=1S/C32H37N3O6/c1-7-21-9-8-10-23(19-21)28(29(37)33-24-13-17-26(40-6)18-14-24)35(5)30(38)27(34-31(39)41-32(2,3)4)20-22-11-15-25(36)16-12-22/h7-19,27-28,36H,1,20H2,2-6H3,(H,33,37)(H,34,39). The molecule has 2 unspecified atom stereocenters. The molecule has 0 aliphatic rings. The summed E-state index contributed by atoms with van der Waals surface area (Å²) in [4.78, 5) is 41.8. The summed E-state index contributed by atoms with van der Waals surface area (Å²) in [7, 11) is 3.07. The van der Waals surface area contributed by atoms with Crippen LogP contribution in [0.5, 0.6) is 11.5 Å². The van der Waals surface area contributed by atoms with Crippen LogP contribution >= 0.6 is 0 Å². The number of phenolic OH excluding ortho intramolecular Hbond substituents is 1. The van der Waals surface area contributed by atoms with Crippen molar-refractivity contribution in [1.29, 1.82) is 0 Å². The number of nitrogens with zero attached hydrogens (tertiary/aromatic N) is 1. The number of hydrogen-bond acceptors (Lipinski definition) is 6. The number of phenols is 1. The van der Waals surface area contributed by atoms with Crippen LogP contribution in [0.3, 0.4) is 0 Å². The average molecular weight is 560 g/mol. The van der Waals surface area contributed by atoms with Gasteiger partial charge in [-0.2, -0.15) is 0 Å². The number of benzene rings is 3. The number of nitrogens with one attached hydrogen (secondary N) is 2. The van der Waals surface area contributed by atoms with Crippen LogP contribution in [0.15, 0.2) is 79.4 Å². The van der Waals surface area contributed by atoms with E-state index in [9.17, 15) is 19.5 Å². The fourth-order valence-electron chi connectivity index (χ4n) is 4.18. The number of carbonyl (C=O) groups is 3. The predicted octanol–water partition coefficient (Wildman–Crippen LogP) is 5.32. The van der Waals surface area contributed by atoms with E-state index in [0.717, 1.165) is 5.56 Å². The monoisotopic (exact) mass is 559 g/mol. The molecule has 0 heterocycles. The lowest BCUT2D eigenvalue weighted by atomic mass is 9.99. The highest BCUT2D eigenvalue weighted by atomic mass is 16.6. The Morgan fingerprint density at radius 1 is 1.02 bits per heavy atom. The minimum absolute atomic E-state index is 0.0752. The quantitative estimate of drug-likeness (QED) is 0.310. The highest BCUT2D eigenvalue weighted by Crippen LogP contribution is 2.26. The number of likely N-dealkylation sites (N-methyl/N-ethyl adjacent to an activating group) is 1. The van der Waals surface area contributed by atoms with Crippen LogP contribution in [0.4, 0.5) is 10.5 Å². The van der Waals surface area contributed by atoms with Gasteiger partial charge in [-0.05, 0) is 79.9 Å². The smallest absolute Gasteiger partial charge is 0.408 e. The van der Waals surface area contributed by atoms with E-state index in [1.54, 1.807) is 88.6 Å². The number of carbonyl (C=O) groups excluding carboxylic acids is 3. The Bertz CT molecular complexity index is 1360. The van der Waals surface area contributed by atoms with E-state index in [-0.39, 0.29) is 12.2 Å². The van der Waals surface area contributed by atoms with Crippen LogP contribution in [-0.4, -0.2) is 53.7 Å². The first-order valence-electron chi connectivity index (χ1n) is 13.1. The highest BCUT2D eigenvalue weighted by molar-refractivity contribution is 5.99. The second-order valence-electron chi connectivity index (χ2n) is 10.5. The average Bonchev–Trinajstić information content (AvgIpc) is 2.93. The lowest BCUT2D eigenvalue weighted by Crippen LogP contribution is -2.52. The molecule has 0 aliphatic heterocycles. The summed E-state index contributed by atoms with van der Waals surface area (Å²) in [5.74, 6) is -0.252. The van der Waals surface area contributed by atoms with Crippen molar-refractivity contribution in [2.45, 2.75) is 44.9 Å². The van der Waals surface area contributed by atoms with Crippen molar-refractivity contribution in [3.63, 3.8) is 0 Å². The minimum atomic E-state index is -1.07. The Kier molecular flexibility index (Phi) is 10.1. The second-order valence-corrected chi connectivity index (χ2v) is 10.5. The number of anilines is 1. The molecule has 9 heteroatoms. The van der Waals surface area contributed by atoms with Gasteiger partial charge < -0.3 is 30.1 Å². The van der Waals surface area contributed by atoms with Gasteiger partial charge in [0.05, 0.1) is 7.11 Å². The van der Waals surface area contributed by atoms with Gasteiger partial charge in [0.1, 0.15) is 29.2 Å². The van der Waals surface area contributed by atoms with E-state index in [4.69, 9.17) is 9.47 Å². The number of amides is 3. The molecular weight excluding hydrogens is 522 g/mol. The number of aromatic hydroxyl groups is 1. The number of ether oxygens (including phenoxy) is 2. The second kappa shape index (κ2) is 13.5. The Morgan fingerprint density at radius 2 is 1.68 bits per heavy atom. The Morgan fingerprint density at radius 3 is 2.27 bits per heavy atom. The summed E-state index contributed by atoms with van der Waals surface area (Å²) < 4.78 is 10.6. The molecule has 41 heavy (non-hydrogen) atoms. The van der Waals surface area contributed by atoms with Gasteiger partial charge in [-0.3, -0.25) is 9.59 Å². The van der Waals surface area contributed by atoms with Crippen LogP contribution < -0.4 is 15.4 Å². The molecule has 216 valence electrons. The largest absolute Gasteiger partial charge is 0.508 e. The van der Waals surface area contributed by atoms with Gasteiger partial charge in [-0.15, -0.1) is 0 Å². The third-order valence-electron chi connectivity index (χ3n) is 6.17. The summed E-state index contributed by atoms with van der Waals surface area (Å²) in [5, 5.41) is 15.2. The van der Waals surface area contributed by atoms with Gasteiger partial charge in [0.25, 0.3) is 5.91 Å². The van der Waals surface area contributed by atoms with E-state index in [1.165, 1.54) is 24.1 Å². The minimum Gasteiger partial charge on any atom is -0.508 e. The molecule has 3 aromatic rings. The van der Waals surface area contributed by atoms with Gasteiger partial charge in [-0.25, -0.2) is 4.79 Å². The molecule has 0 saturated heterocycles. The topological polar surface area (TPSA) is 117 Å². The third-order valence-corrected chi connectivity index (χ3v) is 6.17. The molecule has 0 saturated carbocycles. The summed E-state index contributed by atoms with van der Waals surface area (Å²) >= 11 is 0. The van der Waals surface area contributed by atoms with Gasteiger partial charge >= 0.3 is 6.09 Å². The fourth-order valence-corrected chi connectivity index (χ4v) is 4.18. The first-order valence-corrected chi connectivity index (χ1v) is 13.1. The van der Waals surface area contributed by atoms with Crippen LogP contribution in [0.2, 0.25) is 0 Å². The van der Waals surface area contributed by atoms with Crippen LogP contribution in [0.1, 0.15) is 43.5 Å². The van der Waals surface area contributed by atoms with Crippen LogP contribution in [0.25, 0.3) is 6.08 Å². The molecule has 0 bridgehead atoms. The van der Waals surface area contributed by atoms with Crippen molar-refractivity contribution >= 4 is 29.7 Å². The van der Waals surface area contributed by atoms with Gasteiger partial charge in [0.15, 0.2) is 0 Å². The summed E-state index contributed by atoms with van der Waals surface area (Å²) in [5.41, 5.74) is 1.77. The third kappa shape index (κ3) is 8.86. The molecule has 0 fully saturated rings. The number of methoxy groups -OCH3 is 1. The van der Waals surface area contributed by atoms with E-state index >= 15 is 0 Å². The first-order chi connectivity index (χ1) is 19.4. The maximum Gasteiger partial charge on any atom is 0.408 e. The van der Waals surface area contributed by atoms with Gasteiger partial charge in [0, 0.05) is 19.2 Å². The van der Waals surface area contributed by atoms with Crippen molar-refractivity contribution in [2.75, 3.05) is 19.5 Å². The fraction of sp³-hybridized carbons (Fsp3) is 0.281. The lowest BCUT2D eigenvalue weighted by molar-refractivity contribution is -0.139. The Balaban J connectivity index is 1.97. The Hall–Kier alpha value is -4.79.